The molecule has 0 aliphatic heterocycles. The molecule has 0 bridgehead atoms. The lowest BCUT2D eigenvalue weighted by Crippen LogP contribution is -2.17. The second-order valence-corrected chi connectivity index (χ2v) is 3.83. The molecule has 2 N–H and O–H groups in total. The van der Waals surface area contributed by atoms with Gasteiger partial charge >= 0.3 is 27.8 Å². The fraction of sp³-hybridized carbons (Fsp3) is 0. The highest BCUT2D eigenvalue weighted by molar-refractivity contribution is 7.48. The Labute approximate surface area is 74.7 Å². The first-order chi connectivity index (χ1) is 6.01. The molecule has 0 heterocycles. The van der Waals surface area contributed by atoms with E-state index in [1.807, 2.05) is 0 Å². The summed E-state index contributed by atoms with van der Waals surface area (Å²) in [4.78, 5) is 35.8. The maximum absolute atomic E-state index is 11.7. The molecule has 8 nitrogen and oxygen atoms in total. The molecule has 2 atom stereocenters. The molecule has 2 unspecified atom stereocenters. The maximum atomic E-state index is 11.7. The van der Waals surface area contributed by atoms with Gasteiger partial charge in [0, 0.05) is 0 Å². The Morgan fingerprint density at radius 1 is 0.929 bits per heavy atom. The number of halogens is 2. The molecule has 0 rings (SSSR count). The number of rotatable bonds is 2. The second kappa shape index (κ2) is 4.14. The summed E-state index contributed by atoms with van der Waals surface area (Å²) in [7, 11) is -11.6. The molecule has 82 valence electrons. The predicted octanol–water partition coefficient (Wildman–Crippen LogP) is 0.213. The van der Waals surface area contributed by atoms with Crippen LogP contribution in [-0.2, 0) is 27.8 Å². The van der Waals surface area contributed by atoms with Crippen molar-refractivity contribution >= 4 is 27.8 Å². The molecule has 0 aliphatic carbocycles. The first kappa shape index (κ1) is 13.2. The summed E-state index contributed by atoms with van der Waals surface area (Å²) < 4.78 is 48.5. The lowest BCUT2D eigenvalue weighted by molar-refractivity contribution is -0.157. The second-order valence-electron chi connectivity index (χ2n) is 1.66. The average Bonchev–Trinajstić information content (AvgIpc) is 1.78. The van der Waals surface area contributed by atoms with Crippen LogP contribution < -0.4 is 0 Å². The van der Waals surface area contributed by atoms with Crippen molar-refractivity contribution in [3.05, 3.63) is 0 Å². The standard InChI is InChI=1S/C2H2F2O8P2/c3-13(7,8)11-1(5)2(6)12-14(4,9)10/h(H,7,8)(H,9,10). The number of carbonyl (C=O) groups excluding carboxylic acids is 2. The minimum absolute atomic E-state index is 2.41. The Morgan fingerprint density at radius 3 is 1.29 bits per heavy atom. The smallest absolute Gasteiger partial charge is 0.359 e. The van der Waals surface area contributed by atoms with Crippen LogP contribution in [0.2, 0.25) is 0 Å². The van der Waals surface area contributed by atoms with Crippen LogP contribution in [0.1, 0.15) is 0 Å². The van der Waals surface area contributed by atoms with Gasteiger partial charge in [-0.1, -0.05) is 0 Å². The minimum Gasteiger partial charge on any atom is -0.359 e. The normalized spacial score (nSPS) is 18.9. The predicted molar refractivity (Wildman–Crippen MR) is 34.1 cm³/mol. The van der Waals surface area contributed by atoms with Gasteiger partial charge in [0.05, 0.1) is 0 Å². The van der Waals surface area contributed by atoms with Gasteiger partial charge in [-0.3, -0.25) is 9.79 Å². The molecule has 0 aromatic rings. The third kappa shape index (κ3) is 6.67. The number of hydrogen-bond donors (Lipinski definition) is 2. The van der Waals surface area contributed by atoms with E-state index in [0.29, 0.717) is 0 Å². The fourth-order valence-electron chi connectivity index (χ4n) is 0.279. The van der Waals surface area contributed by atoms with Crippen LogP contribution in [0.5, 0.6) is 0 Å². The molecule has 12 heteroatoms. The molecule has 0 saturated carbocycles. The van der Waals surface area contributed by atoms with Crippen LogP contribution >= 0.6 is 15.8 Å². The number of hydrogen-bond acceptors (Lipinski definition) is 6. The summed E-state index contributed by atoms with van der Waals surface area (Å²) in [6, 6.07) is 0. The van der Waals surface area contributed by atoms with E-state index in [2.05, 4.69) is 9.05 Å². The van der Waals surface area contributed by atoms with E-state index < -0.39 is 27.8 Å². The van der Waals surface area contributed by atoms with Gasteiger partial charge in [-0.2, -0.15) is 0 Å². The molecule has 0 aliphatic rings. The van der Waals surface area contributed by atoms with Crippen molar-refractivity contribution in [2.24, 2.45) is 0 Å². The fourth-order valence-corrected chi connectivity index (χ4v) is 0.837. The lowest BCUT2D eigenvalue weighted by atomic mass is 10.7. The largest absolute Gasteiger partial charge is 0.569 e. The monoisotopic (exact) mass is 254 g/mol. The van der Waals surface area contributed by atoms with Crippen molar-refractivity contribution in [3.63, 3.8) is 0 Å². The zero-order valence-corrected chi connectivity index (χ0v) is 7.78. The van der Waals surface area contributed by atoms with Gasteiger partial charge in [0.2, 0.25) is 0 Å². The Hall–Kier alpha value is -0.820. The summed E-state index contributed by atoms with van der Waals surface area (Å²) in [6.45, 7) is 0. The van der Waals surface area contributed by atoms with Gasteiger partial charge in [0.1, 0.15) is 0 Å². The van der Waals surface area contributed by atoms with Crippen LogP contribution in [0.25, 0.3) is 0 Å². The Bertz CT molecular complexity index is 303. The SMILES string of the molecule is O=C(OP(=O)(O)F)C(=O)OP(=O)(O)F. The minimum atomic E-state index is -5.79. The number of carbonyl (C=O) groups is 2. The van der Waals surface area contributed by atoms with Gasteiger partial charge in [-0.25, -0.2) is 18.7 Å². The van der Waals surface area contributed by atoms with E-state index in [4.69, 9.17) is 9.79 Å². The van der Waals surface area contributed by atoms with Crippen molar-refractivity contribution in [1.29, 1.82) is 0 Å². The van der Waals surface area contributed by atoms with E-state index in [0.717, 1.165) is 0 Å². The third-order valence-corrected chi connectivity index (χ3v) is 1.34. The quantitative estimate of drug-likeness (QED) is 0.528. The lowest BCUT2D eigenvalue weighted by Gasteiger charge is -2.03. The Kier molecular flexibility index (Phi) is 3.90. The summed E-state index contributed by atoms with van der Waals surface area (Å²) in [5, 5.41) is 0. The van der Waals surface area contributed by atoms with Crippen LogP contribution in [0, 0.1) is 0 Å². The highest BCUT2D eigenvalue weighted by Crippen LogP contribution is 2.46. The molecular weight excluding hydrogens is 252 g/mol. The summed E-state index contributed by atoms with van der Waals surface area (Å²) in [5.74, 6) is -4.82. The molecule has 0 fully saturated rings. The molecule has 0 spiro atoms. The van der Waals surface area contributed by atoms with Crippen molar-refractivity contribution in [2.45, 2.75) is 0 Å². The van der Waals surface area contributed by atoms with E-state index >= 15 is 0 Å². The molecule has 0 saturated heterocycles. The van der Waals surface area contributed by atoms with Crippen molar-refractivity contribution in [3.8, 4) is 0 Å². The third-order valence-electron chi connectivity index (χ3n) is 0.558. The molecule has 0 radical (unpaired) electrons. The molecule has 0 aromatic carbocycles. The van der Waals surface area contributed by atoms with Crippen molar-refractivity contribution < 1.29 is 45.9 Å². The highest BCUT2D eigenvalue weighted by atomic mass is 31.2. The van der Waals surface area contributed by atoms with Gasteiger partial charge < -0.3 is 9.05 Å². The summed E-state index contributed by atoms with van der Waals surface area (Å²) in [6.07, 6.45) is 0. The first-order valence-corrected chi connectivity index (χ1v) is 5.47. The van der Waals surface area contributed by atoms with E-state index in [1.54, 1.807) is 0 Å². The van der Waals surface area contributed by atoms with Crippen LogP contribution in [0.4, 0.5) is 8.39 Å². The summed E-state index contributed by atoms with van der Waals surface area (Å²) >= 11 is 0. The first-order valence-electron chi connectivity index (χ1n) is 2.53. The maximum Gasteiger partial charge on any atom is 0.569 e. The zero-order valence-electron chi connectivity index (χ0n) is 5.99. The summed E-state index contributed by atoms with van der Waals surface area (Å²) in [5.41, 5.74) is 0. The molecule has 0 aromatic heterocycles. The Morgan fingerprint density at radius 2 is 1.14 bits per heavy atom. The average molecular weight is 254 g/mol. The van der Waals surface area contributed by atoms with Gasteiger partial charge in [-0.05, 0) is 0 Å². The van der Waals surface area contributed by atoms with Crippen molar-refractivity contribution in [1.82, 2.24) is 0 Å². The van der Waals surface area contributed by atoms with Crippen LogP contribution in [0.3, 0.4) is 0 Å². The zero-order chi connectivity index (χ0) is 11.6. The van der Waals surface area contributed by atoms with Gasteiger partial charge in [-0.15, -0.1) is 8.39 Å². The molecule has 14 heavy (non-hydrogen) atoms. The van der Waals surface area contributed by atoms with Crippen LogP contribution in [-0.4, -0.2) is 21.7 Å². The van der Waals surface area contributed by atoms with Gasteiger partial charge in [0.25, 0.3) is 0 Å². The van der Waals surface area contributed by atoms with E-state index in [1.165, 1.54) is 0 Å². The highest BCUT2D eigenvalue weighted by Gasteiger charge is 2.34. The van der Waals surface area contributed by atoms with E-state index in [9.17, 15) is 27.1 Å². The van der Waals surface area contributed by atoms with E-state index in [-0.39, 0.29) is 0 Å². The topological polar surface area (TPSA) is 127 Å². The van der Waals surface area contributed by atoms with Gasteiger partial charge in [0.15, 0.2) is 0 Å². The van der Waals surface area contributed by atoms with Crippen molar-refractivity contribution in [2.75, 3.05) is 0 Å². The van der Waals surface area contributed by atoms with Crippen LogP contribution in [0.15, 0.2) is 0 Å². The molecular formula is C2H2F2O8P2. The molecule has 0 amide bonds. The Balaban J connectivity index is 4.37.